The summed E-state index contributed by atoms with van der Waals surface area (Å²) in [6, 6.07) is 20.8. The number of amides is 1. The van der Waals surface area contributed by atoms with Crippen molar-refractivity contribution in [2.75, 3.05) is 21.1 Å². The molecule has 1 amide bonds. The summed E-state index contributed by atoms with van der Waals surface area (Å²) in [6.07, 6.45) is 3.68. The fourth-order valence-electron chi connectivity index (χ4n) is 3.98. The van der Waals surface area contributed by atoms with Crippen molar-refractivity contribution in [3.8, 4) is 0 Å². The number of sulfonamides is 1. The monoisotopic (exact) mass is 490 g/mol. The Labute approximate surface area is 206 Å². The summed E-state index contributed by atoms with van der Waals surface area (Å²) in [5.74, 6) is -0.0435. The molecule has 0 aliphatic carbocycles. The number of unbranched alkanes of at least 4 members (excludes halogenated alkanes) is 3. The van der Waals surface area contributed by atoms with Gasteiger partial charge in [0.25, 0.3) is 0 Å². The number of benzene rings is 3. The highest BCUT2D eigenvalue weighted by atomic mass is 32.2. The number of fused-ring (bicyclic) bond motifs is 2. The highest BCUT2D eigenvalue weighted by Gasteiger charge is 2.11. The molecular weight excluding hydrogens is 460 g/mol. The number of pyridine rings is 1. The van der Waals surface area contributed by atoms with Crippen LogP contribution in [0.4, 0.5) is 22.7 Å². The summed E-state index contributed by atoms with van der Waals surface area (Å²) < 4.78 is 27.4. The largest absolute Gasteiger partial charge is 0.355 e. The lowest BCUT2D eigenvalue weighted by Crippen LogP contribution is -2.16. The van der Waals surface area contributed by atoms with E-state index >= 15 is 0 Å². The van der Waals surface area contributed by atoms with Gasteiger partial charge in [-0.1, -0.05) is 44.4 Å². The molecule has 0 fully saturated rings. The molecule has 0 bridgehead atoms. The van der Waals surface area contributed by atoms with Crippen LogP contribution in [-0.4, -0.2) is 25.1 Å². The summed E-state index contributed by atoms with van der Waals surface area (Å²) in [6.45, 7) is 3.56. The Morgan fingerprint density at radius 2 is 1.60 bits per heavy atom. The minimum Gasteiger partial charge on any atom is -0.355 e. The van der Waals surface area contributed by atoms with Gasteiger partial charge in [-0.05, 0) is 55.0 Å². The molecule has 182 valence electrons. The molecule has 1 aromatic heterocycles. The van der Waals surface area contributed by atoms with Crippen LogP contribution >= 0.6 is 0 Å². The van der Waals surface area contributed by atoms with Crippen molar-refractivity contribution in [1.82, 2.24) is 4.98 Å². The van der Waals surface area contributed by atoms with Crippen LogP contribution in [0.5, 0.6) is 0 Å². The molecule has 0 unspecified atom stereocenters. The van der Waals surface area contributed by atoms with E-state index in [0.29, 0.717) is 17.8 Å². The second-order valence-corrected chi connectivity index (χ2v) is 10.5. The van der Waals surface area contributed by atoms with E-state index in [4.69, 9.17) is 4.98 Å². The Balaban J connectivity index is 1.58. The number of carbonyl (C=O) groups is 1. The van der Waals surface area contributed by atoms with Gasteiger partial charge in [0.2, 0.25) is 15.9 Å². The minimum absolute atomic E-state index is 0.121. The van der Waals surface area contributed by atoms with E-state index in [1.807, 2.05) is 48.5 Å². The van der Waals surface area contributed by atoms with Crippen molar-refractivity contribution in [3.05, 3.63) is 66.7 Å². The molecule has 0 aliphatic rings. The van der Waals surface area contributed by atoms with Crippen molar-refractivity contribution in [3.63, 3.8) is 0 Å². The van der Waals surface area contributed by atoms with Crippen molar-refractivity contribution in [2.45, 2.75) is 39.5 Å². The summed E-state index contributed by atoms with van der Waals surface area (Å²) in [5.41, 5.74) is 4.36. The molecule has 0 aliphatic heterocycles. The third-order valence-electron chi connectivity index (χ3n) is 5.66. The Bertz CT molecular complexity index is 1450. The van der Waals surface area contributed by atoms with Gasteiger partial charge < -0.3 is 10.6 Å². The maximum atomic E-state index is 12.4. The van der Waals surface area contributed by atoms with E-state index in [1.54, 1.807) is 12.1 Å². The molecule has 0 radical (unpaired) electrons. The zero-order valence-corrected chi connectivity index (χ0v) is 20.8. The zero-order valence-electron chi connectivity index (χ0n) is 20.0. The van der Waals surface area contributed by atoms with Crippen LogP contribution in [0.2, 0.25) is 0 Å². The predicted molar refractivity (Wildman–Crippen MR) is 145 cm³/mol. The maximum absolute atomic E-state index is 12.4. The van der Waals surface area contributed by atoms with Gasteiger partial charge in [-0.3, -0.25) is 9.52 Å². The van der Waals surface area contributed by atoms with E-state index < -0.39 is 10.0 Å². The average molecular weight is 491 g/mol. The van der Waals surface area contributed by atoms with E-state index in [2.05, 4.69) is 28.3 Å². The molecular formula is C27H30N4O3S. The molecule has 35 heavy (non-hydrogen) atoms. The predicted octanol–water partition coefficient (Wildman–Crippen LogP) is 6.41. The fraction of sp³-hybridized carbons (Fsp3) is 0.259. The van der Waals surface area contributed by atoms with Gasteiger partial charge in [0.05, 0.1) is 22.5 Å². The average Bonchev–Trinajstić information content (AvgIpc) is 2.81. The summed E-state index contributed by atoms with van der Waals surface area (Å²) in [4.78, 5) is 16.4. The molecule has 4 rings (SSSR count). The lowest BCUT2D eigenvalue weighted by Gasteiger charge is -2.14. The third-order valence-corrected chi connectivity index (χ3v) is 7.03. The third kappa shape index (κ3) is 6.48. The summed E-state index contributed by atoms with van der Waals surface area (Å²) in [5, 5.41) is 8.15. The van der Waals surface area contributed by atoms with Gasteiger partial charge in [0.1, 0.15) is 0 Å². The zero-order chi connectivity index (χ0) is 24.8. The van der Waals surface area contributed by atoms with E-state index in [9.17, 15) is 13.2 Å². The first-order valence-electron chi connectivity index (χ1n) is 11.8. The van der Waals surface area contributed by atoms with Crippen LogP contribution in [0.1, 0.15) is 39.5 Å². The molecule has 7 nitrogen and oxygen atoms in total. The number of aromatic nitrogens is 1. The van der Waals surface area contributed by atoms with Crippen LogP contribution in [0.25, 0.3) is 21.8 Å². The minimum atomic E-state index is -3.37. The topological polar surface area (TPSA) is 100 Å². The lowest BCUT2D eigenvalue weighted by molar-refractivity contribution is -0.114. The summed E-state index contributed by atoms with van der Waals surface area (Å²) >= 11 is 0. The second kappa shape index (κ2) is 10.7. The Morgan fingerprint density at radius 1 is 0.857 bits per heavy atom. The molecule has 8 heteroatoms. The molecule has 0 spiro atoms. The van der Waals surface area contributed by atoms with Gasteiger partial charge in [0, 0.05) is 34.8 Å². The number of hydrogen-bond donors (Lipinski definition) is 3. The standard InChI is InChI=1S/C27H30N4O3S/c1-3-4-5-8-15-35(33,34)31-22-13-11-21(12-14-22)29-26-17-23(28-19(2)32)18-27-24(26)16-20-9-6-7-10-25(20)30-27/h6-7,9-14,16-18,29,31H,3-5,8,15H2,1-2H3,(H,28,32). The smallest absolute Gasteiger partial charge is 0.232 e. The van der Waals surface area contributed by atoms with Crippen molar-refractivity contribution < 1.29 is 13.2 Å². The number of carbonyl (C=O) groups excluding carboxylic acids is 1. The molecule has 0 saturated carbocycles. The summed E-state index contributed by atoms with van der Waals surface area (Å²) in [7, 11) is -3.37. The van der Waals surface area contributed by atoms with E-state index in [0.717, 1.165) is 52.4 Å². The first-order chi connectivity index (χ1) is 16.8. The molecule has 3 N–H and O–H groups in total. The first-order valence-corrected chi connectivity index (χ1v) is 13.5. The molecule has 1 heterocycles. The number of para-hydroxylation sites is 1. The number of anilines is 4. The van der Waals surface area contributed by atoms with Gasteiger partial charge >= 0.3 is 0 Å². The van der Waals surface area contributed by atoms with Gasteiger partial charge in [-0.25, -0.2) is 13.4 Å². The Morgan fingerprint density at radius 3 is 2.34 bits per heavy atom. The highest BCUT2D eigenvalue weighted by Crippen LogP contribution is 2.32. The van der Waals surface area contributed by atoms with Gasteiger partial charge in [-0.2, -0.15) is 0 Å². The maximum Gasteiger partial charge on any atom is 0.232 e. The van der Waals surface area contributed by atoms with Gasteiger partial charge in [-0.15, -0.1) is 0 Å². The Hall–Kier alpha value is -3.65. The second-order valence-electron chi connectivity index (χ2n) is 8.64. The lowest BCUT2D eigenvalue weighted by atomic mass is 10.1. The first kappa shape index (κ1) is 24.5. The van der Waals surface area contributed by atoms with Crippen LogP contribution < -0.4 is 15.4 Å². The van der Waals surface area contributed by atoms with E-state index in [1.165, 1.54) is 6.92 Å². The number of hydrogen-bond acceptors (Lipinski definition) is 5. The van der Waals surface area contributed by atoms with Crippen LogP contribution in [0, 0.1) is 0 Å². The van der Waals surface area contributed by atoms with Crippen LogP contribution in [0.15, 0.2) is 66.7 Å². The molecule has 3 aromatic carbocycles. The van der Waals surface area contributed by atoms with Gasteiger partial charge in [0.15, 0.2) is 0 Å². The van der Waals surface area contributed by atoms with Crippen molar-refractivity contribution in [1.29, 1.82) is 0 Å². The van der Waals surface area contributed by atoms with Crippen LogP contribution in [-0.2, 0) is 14.8 Å². The highest BCUT2D eigenvalue weighted by molar-refractivity contribution is 7.92. The molecule has 4 aromatic rings. The number of nitrogens with one attached hydrogen (secondary N) is 3. The number of nitrogens with zero attached hydrogens (tertiary/aromatic N) is 1. The normalized spacial score (nSPS) is 11.5. The number of rotatable bonds is 10. The molecule has 0 saturated heterocycles. The fourth-order valence-corrected chi connectivity index (χ4v) is 5.17. The molecule has 0 atom stereocenters. The van der Waals surface area contributed by atoms with Crippen LogP contribution in [0.3, 0.4) is 0 Å². The van der Waals surface area contributed by atoms with E-state index in [-0.39, 0.29) is 11.7 Å². The Kier molecular flexibility index (Phi) is 7.51. The van der Waals surface area contributed by atoms with Crippen molar-refractivity contribution >= 4 is 60.5 Å². The quantitative estimate of drug-likeness (QED) is 0.176. The van der Waals surface area contributed by atoms with Crippen molar-refractivity contribution in [2.24, 2.45) is 0 Å². The SMILES string of the molecule is CCCCCCS(=O)(=O)Nc1ccc(Nc2cc(NC(C)=O)cc3nc4ccccc4cc23)cc1.